The van der Waals surface area contributed by atoms with Gasteiger partial charge in [0.1, 0.15) is 17.4 Å². The zero-order valence-corrected chi connectivity index (χ0v) is 12.2. The molecule has 0 radical (unpaired) electrons. The van der Waals surface area contributed by atoms with Crippen LogP contribution in [0.1, 0.15) is 48.5 Å². The molecule has 2 amide bonds. The molecule has 0 fully saturated rings. The smallest absolute Gasteiger partial charge is 0.409 e. The Hall–Kier alpha value is -1.46. The Balaban J connectivity index is 4.08. The third-order valence-corrected chi connectivity index (χ3v) is 1.47. The fourth-order valence-corrected chi connectivity index (χ4v) is 1.00. The van der Waals surface area contributed by atoms with Gasteiger partial charge in [-0.05, 0) is 48.5 Å². The first kappa shape index (κ1) is 16.5. The summed E-state index contributed by atoms with van der Waals surface area (Å²) in [4.78, 5) is 22.8. The third-order valence-electron chi connectivity index (χ3n) is 1.47. The molecule has 0 unspecified atom stereocenters. The molecule has 0 aliphatic heterocycles. The lowest BCUT2D eigenvalue weighted by molar-refractivity contribution is 0.0435. The summed E-state index contributed by atoms with van der Waals surface area (Å²) in [7, 11) is 0. The van der Waals surface area contributed by atoms with E-state index < -0.39 is 29.6 Å². The third kappa shape index (κ3) is 9.74. The van der Waals surface area contributed by atoms with Crippen LogP contribution in [0, 0.1) is 0 Å². The van der Waals surface area contributed by atoms with Crippen molar-refractivity contribution in [3.8, 4) is 0 Å². The molecule has 0 aliphatic rings. The summed E-state index contributed by atoms with van der Waals surface area (Å²) in [5.74, 6) is 0. The lowest BCUT2D eigenvalue weighted by Gasteiger charge is -2.24. The molecular weight excluding hydrogens is 236 g/mol. The highest BCUT2D eigenvalue weighted by molar-refractivity contribution is 5.71. The van der Waals surface area contributed by atoms with Crippen LogP contribution in [-0.2, 0) is 9.47 Å². The molecule has 0 spiro atoms. The van der Waals surface area contributed by atoms with Crippen LogP contribution in [0.3, 0.4) is 0 Å². The quantitative estimate of drug-likeness (QED) is 0.747. The van der Waals surface area contributed by atoms with Crippen molar-refractivity contribution in [2.75, 3.05) is 0 Å². The van der Waals surface area contributed by atoms with E-state index in [0.29, 0.717) is 0 Å². The minimum atomic E-state index is -0.592. The number of carbonyl (C=O) groups excluding carboxylic acids is 2. The number of hydrogen-bond donors (Lipinski definition) is 2. The number of amides is 2. The monoisotopic (exact) mass is 260 g/mol. The van der Waals surface area contributed by atoms with E-state index in [4.69, 9.17) is 9.47 Å². The minimum Gasteiger partial charge on any atom is -0.444 e. The van der Waals surface area contributed by atoms with E-state index in [0.717, 1.165) is 0 Å². The lowest BCUT2D eigenvalue weighted by atomic mass is 10.2. The van der Waals surface area contributed by atoms with Gasteiger partial charge >= 0.3 is 12.2 Å². The van der Waals surface area contributed by atoms with Gasteiger partial charge in [0.05, 0.1) is 0 Å². The molecule has 0 saturated heterocycles. The summed E-state index contributed by atoms with van der Waals surface area (Å²) < 4.78 is 10.1. The molecule has 0 heterocycles. The fourth-order valence-electron chi connectivity index (χ4n) is 1.00. The molecule has 6 nitrogen and oxygen atoms in total. The molecule has 0 atom stereocenters. The minimum absolute atomic E-state index is 0.574. The van der Waals surface area contributed by atoms with Gasteiger partial charge in [-0.2, -0.15) is 0 Å². The van der Waals surface area contributed by atoms with Crippen molar-refractivity contribution < 1.29 is 19.1 Å². The number of ether oxygens (including phenoxy) is 2. The molecule has 0 rings (SSSR count). The maximum atomic E-state index is 11.4. The van der Waals surface area contributed by atoms with Crippen LogP contribution in [0.4, 0.5) is 9.59 Å². The Labute approximate surface area is 108 Å². The van der Waals surface area contributed by atoms with Crippen LogP contribution in [0.2, 0.25) is 0 Å². The van der Waals surface area contributed by atoms with Gasteiger partial charge in [0, 0.05) is 0 Å². The van der Waals surface area contributed by atoms with Gasteiger partial charge in [-0.1, -0.05) is 0 Å². The summed E-state index contributed by atoms with van der Waals surface area (Å²) in [6.07, 6.45) is -1.76. The molecule has 0 aromatic heterocycles. The van der Waals surface area contributed by atoms with Crippen LogP contribution < -0.4 is 10.6 Å². The van der Waals surface area contributed by atoms with Crippen LogP contribution >= 0.6 is 0 Å². The Morgan fingerprint density at radius 3 is 1.33 bits per heavy atom. The van der Waals surface area contributed by atoms with Gasteiger partial charge in [0.25, 0.3) is 0 Å². The van der Waals surface area contributed by atoms with E-state index >= 15 is 0 Å². The first-order chi connectivity index (χ1) is 7.89. The summed E-state index contributed by atoms with van der Waals surface area (Å²) >= 11 is 0. The topological polar surface area (TPSA) is 76.7 Å². The highest BCUT2D eigenvalue weighted by atomic mass is 16.6. The number of nitrogens with one attached hydrogen (secondary N) is 2. The molecule has 6 heteroatoms. The Morgan fingerprint density at radius 1 is 0.833 bits per heavy atom. The van der Waals surface area contributed by atoms with Crippen molar-refractivity contribution in [3.05, 3.63) is 0 Å². The highest BCUT2D eigenvalue weighted by Gasteiger charge is 2.20. The normalized spacial score (nSPS) is 12.0. The predicted octanol–water partition coefficient (Wildman–Crippen LogP) is 2.38. The maximum absolute atomic E-state index is 11.4. The average molecular weight is 260 g/mol. The number of carbonyl (C=O) groups is 2. The SMILES string of the molecule is CC(NC(=O)OC(C)(C)C)NC(=O)OC(C)(C)C. The fraction of sp³-hybridized carbons (Fsp3) is 0.833. The van der Waals surface area contributed by atoms with Crippen molar-refractivity contribution in [1.82, 2.24) is 10.6 Å². The van der Waals surface area contributed by atoms with E-state index in [1.165, 1.54) is 0 Å². The second-order valence-corrected chi connectivity index (χ2v) is 6.01. The van der Waals surface area contributed by atoms with Crippen molar-refractivity contribution >= 4 is 12.2 Å². The molecule has 0 aliphatic carbocycles. The molecular formula is C12H24N2O4. The van der Waals surface area contributed by atoms with Crippen LogP contribution in [-0.4, -0.2) is 29.6 Å². The van der Waals surface area contributed by atoms with Gasteiger partial charge in [-0.3, -0.25) is 0 Å². The second kappa shape index (κ2) is 5.93. The zero-order valence-electron chi connectivity index (χ0n) is 12.2. The van der Waals surface area contributed by atoms with Gasteiger partial charge in [0.15, 0.2) is 0 Å². The van der Waals surface area contributed by atoms with Crippen LogP contribution in [0.15, 0.2) is 0 Å². The van der Waals surface area contributed by atoms with Gasteiger partial charge in [-0.25, -0.2) is 9.59 Å². The second-order valence-electron chi connectivity index (χ2n) is 6.01. The Kier molecular flexibility index (Phi) is 5.45. The van der Waals surface area contributed by atoms with Gasteiger partial charge in [0.2, 0.25) is 0 Å². The number of hydrogen-bond acceptors (Lipinski definition) is 4. The first-order valence-electron chi connectivity index (χ1n) is 5.88. The highest BCUT2D eigenvalue weighted by Crippen LogP contribution is 2.07. The van der Waals surface area contributed by atoms with Crippen molar-refractivity contribution in [2.24, 2.45) is 0 Å². The van der Waals surface area contributed by atoms with Crippen LogP contribution in [0.25, 0.3) is 0 Å². The predicted molar refractivity (Wildman–Crippen MR) is 68.2 cm³/mol. The van der Waals surface area contributed by atoms with E-state index in [-0.39, 0.29) is 0 Å². The van der Waals surface area contributed by atoms with Gasteiger partial charge in [-0.15, -0.1) is 0 Å². The molecule has 0 bridgehead atoms. The summed E-state index contributed by atoms with van der Waals surface area (Å²) in [5, 5.41) is 4.96. The van der Waals surface area contributed by atoms with E-state index in [2.05, 4.69) is 10.6 Å². The summed E-state index contributed by atoms with van der Waals surface area (Å²) in [5.41, 5.74) is -1.15. The van der Waals surface area contributed by atoms with Crippen molar-refractivity contribution in [1.29, 1.82) is 0 Å². The Bertz CT molecular complexity index is 272. The van der Waals surface area contributed by atoms with Crippen molar-refractivity contribution in [3.63, 3.8) is 0 Å². The Morgan fingerprint density at radius 2 is 1.11 bits per heavy atom. The standard InChI is InChI=1S/C12H24N2O4/c1-8(13-9(15)17-11(2,3)4)14-10(16)18-12(5,6)7/h8H,1-7H3,(H,13,15)(H,14,16). The molecule has 0 saturated carbocycles. The zero-order chi connectivity index (χ0) is 14.6. The molecule has 106 valence electrons. The average Bonchev–Trinajstić information content (AvgIpc) is 1.92. The van der Waals surface area contributed by atoms with E-state index in [1.54, 1.807) is 48.5 Å². The summed E-state index contributed by atoms with van der Waals surface area (Å²) in [6, 6.07) is 0. The number of alkyl carbamates (subject to hydrolysis) is 2. The lowest BCUT2D eigenvalue weighted by Crippen LogP contribution is -2.48. The van der Waals surface area contributed by atoms with Gasteiger partial charge < -0.3 is 20.1 Å². The maximum Gasteiger partial charge on any atom is 0.409 e. The summed E-state index contributed by atoms with van der Waals surface area (Å²) in [6.45, 7) is 12.2. The first-order valence-corrected chi connectivity index (χ1v) is 5.88. The molecule has 2 N–H and O–H groups in total. The largest absolute Gasteiger partial charge is 0.444 e. The van der Waals surface area contributed by atoms with Crippen LogP contribution in [0.5, 0.6) is 0 Å². The number of rotatable bonds is 2. The van der Waals surface area contributed by atoms with Crippen molar-refractivity contribution in [2.45, 2.75) is 65.8 Å². The molecule has 0 aromatic carbocycles. The molecule has 18 heavy (non-hydrogen) atoms. The molecule has 0 aromatic rings. The van der Waals surface area contributed by atoms with E-state index in [9.17, 15) is 9.59 Å². The van der Waals surface area contributed by atoms with E-state index in [1.807, 2.05) is 0 Å².